The lowest BCUT2D eigenvalue weighted by molar-refractivity contribution is 0.312. The third-order valence-corrected chi connectivity index (χ3v) is 5.22. The van der Waals surface area contributed by atoms with Gasteiger partial charge in [0, 0.05) is 38.6 Å². The average molecular weight is 404 g/mol. The standard InChI is InChI=1S/C21H21FN8/c1-28-8-10-29(11-9-28)19-5-3-16(12-24-19)26-21-23-7-6-17(27-21)18-13-25-20-4-2-15(22)14-30(18)20/h2-7,12-14H,8-11H2,1H3,(H,23,26,27). The zero-order valence-corrected chi connectivity index (χ0v) is 16.5. The van der Waals surface area contributed by atoms with E-state index in [9.17, 15) is 4.39 Å². The normalized spacial score (nSPS) is 14.9. The van der Waals surface area contributed by atoms with Crippen LogP contribution < -0.4 is 10.2 Å². The molecule has 5 rings (SSSR count). The highest BCUT2D eigenvalue weighted by Crippen LogP contribution is 2.22. The van der Waals surface area contributed by atoms with E-state index in [1.54, 1.807) is 35.1 Å². The molecule has 1 fully saturated rings. The smallest absolute Gasteiger partial charge is 0.227 e. The largest absolute Gasteiger partial charge is 0.354 e. The van der Waals surface area contributed by atoms with Crippen molar-refractivity contribution < 1.29 is 4.39 Å². The number of imidazole rings is 1. The summed E-state index contributed by atoms with van der Waals surface area (Å²) in [4.78, 5) is 22.3. The molecule has 152 valence electrons. The lowest BCUT2D eigenvalue weighted by Crippen LogP contribution is -2.44. The Hall–Kier alpha value is -3.59. The summed E-state index contributed by atoms with van der Waals surface area (Å²) in [5.41, 5.74) is 2.79. The van der Waals surface area contributed by atoms with E-state index in [0.29, 0.717) is 23.0 Å². The molecule has 1 N–H and O–H groups in total. The van der Waals surface area contributed by atoms with Crippen LogP contribution in [0.5, 0.6) is 0 Å². The van der Waals surface area contributed by atoms with Crippen molar-refractivity contribution in [3.63, 3.8) is 0 Å². The Morgan fingerprint density at radius 2 is 1.80 bits per heavy atom. The summed E-state index contributed by atoms with van der Waals surface area (Å²) in [6.07, 6.45) is 6.52. The van der Waals surface area contributed by atoms with Crippen LogP contribution in [0.4, 0.5) is 21.8 Å². The number of likely N-dealkylation sites (N-methyl/N-ethyl adjacent to an activating group) is 1. The molecule has 30 heavy (non-hydrogen) atoms. The van der Waals surface area contributed by atoms with Gasteiger partial charge >= 0.3 is 0 Å². The Labute approximate surface area is 173 Å². The van der Waals surface area contributed by atoms with Crippen molar-refractivity contribution in [3.8, 4) is 11.4 Å². The third-order valence-electron chi connectivity index (χ3n) is 5.22. The van der Waals surface area contributed by atoms with Crippen molar-refractivity contribution in [2.24, 2.45) is 0 Å². The molecule has 5 heterocycles. The van der Waals surface area contributed by atoms with E-state index in [1.807, 2.05) is 12.1 Å². The van der Waals surface area contributed by atoms with E-state index in [1.165, 1.54) is 12.3 Å². The van der Waals surface area contributed by atoms with Gasteiger partial charge in [0.05, 0.1) is 29.5 Å². The van der Waals surface area contributed by atoms with Gasteiger partial charge in [-0.05, 0) is 37.4 Å². The van der Waals surface area contributed by atoms with Crippen LogP contribution in [0.1, 0.15) is 0 Å². The summed E-state index contributed by atoms with van der Waals surface area (Å²) in [5, 5.41) is 3.19. The van der Waals surface area contributed by atoms with Crippen LogP contribution in [-0.2, 0) is 0 Å². The summed E-state index contributed by atoms with van der Waals surface area (Å²) < 4.78 is 15.3. The number of nitrogens with zero attached hydrogens (tertiary/aromatic N) is 7. The van der Waals surface area contributed by atoms with Crippen LogP contribution in [0.2, 0.25) is 0 Å². The van der Waals surface area contributed by atoms with Crippen molar-refractivity contribution in [1.82, 2.24) is 29.2 Å². The maximum absolute atomic E-state index is 13.7. The second kappa shape index (κ2) is 7.68. The predicted molar refractivity (Wildman–Crippen MR) is 113 cm³/mol. The topological polar surface area (TPSA) is 74.5 Å². The molecule has 1 aliphatic heterocycles. The zero-order chi connectivity index (χ0) is 20.5. The number of rotatable bonds is 4. The van der Waals surface area contributed by atoms with Crippen LogP contribution in [0.15, 0.2) is 55.1 Å². The fourth-order valence-corrected chi connectivity index (χ4v) is 3.52. The first-order valence-electron chi connectivity index (χ1n) is 9.78. The molecule has 0 aliphatic carbocycles. The van der Waals surface area contributed by atoms with Crippen LogP contribution in [0, 0.1) is 5.82 Å². The first kappa shape index (κ1) is 18.4. The molecule has 0 saturated carbocycles. The summed E-state index contributed by atoms with van der Waals surface area (Å²) >= 11 is 0. The summed E-state index contributed by atoms with van der Waals surface area (Å²) in [5.74, 6) is 1.07. The van der Waals surface area contributed by atoms with Crippen molar-refractivity contribution in [2.75, 3.05) is 43.4 Å². The van der Waals surface area contributed by atoms with E-state index < -0.39 is 0 Å². The predicted octanol–water partition coefficient (Wildman–Crippen LogP) is 2.82. The number of aromatic nitrogens is 5. The Morgan fingerprint density at radius 3 is 2.60 bits per heavy atom. The number of hydrogen-bond acceptors (Lipinski definition) is 7. The number of hydrogen-bond donors (Lipinski definition) is 1. The molecule has 0 bridgehead atoms. The highest BCUT2D eigenvalue weighted by molar-refractivity contribution is 5.62. The molecule has 0 spiro atoms. The summed E-state index contributed by atoms with van der Waals surface area (Å²) in [6, 6.07) is 8.77. The Morgan fingerprint density at radius 1 is 0.933 bits per heavy atom. The van der Waals surface area contributed by atoms with Gasteiger partial charge in [0.25, 0.3) is 0 Å². The van der Waals surface area contributed by atoms with E-state index >= 15 is 0 Å². The van der Waals surface area contributed by atoms with Gasteiger partial charge in [-0.15, -0.1) is 0 Å². The molecule has 0 aromatic carbocycles. The van der Waals surface area contributed by atoms with E-state index in [2.05, 4.69) is 42.1 Å². The first-order valence-corrected chi connectivity index (χ1v) is 9.78. The minimum absolute atomic E-state index is 0.333. The molecule has 0 unspecified atom stereocenters. The van der Waals surface area contributed by atoms with Gasteiger partial charge in [-0.2, -0.15) is 0 Å². The van der Waals surface area contributed by atoms with Crippen molar-refractivity contribution in [3.05, 3.63) is 60.9 Å². The van der Waals surface area contributed by atoms with Gasteiger partial charge in [0.15, 0.2) is 0 Å². The summed E-state index contributed by atoms with van der Waals surface area (Å²) in [7, 11) is 2.13. The molecule has 4 aromatic rings. The quantitative estimate of drug-likeness (QED) is 0.561. The number of anilines is 3. The van der Waals surface area contributed by atoms with Gasteiger partial charge in [-0.3, -0.25) is 4.40 Å². The van der Waals surface area contributed by atoms with Crippen LogP contribution in [0.25, 0.3) is 17.0 Å². The highest BCUT2D eigenvalue weighted by atomic mass is 19.1. The minimum Gasteiger partial charge on any atom is -0.354 e. The number of fused-ring (bicyclic) bond motifs is 1. The van der Waals surface area contributed by atoms with Gasteiger partial charge in [-0.1, -0.05) is 0 Å². The molecule has 0 atom stereocenters. The lowest BCUT2D eigenvalue weighted by Gasteiger charge is -2.33. The van der Waals surface area contributed by atoms with Gasteiger partial charge < -0.3 is 15.1 Å². The molecule has 1 aliphatic rings. The van der Waals surface area contributed by atoms with E-state index in [4.69, 9.17) is 0 Å². The monoisotopic (exact) mass is 404 g/mol. The van der Waals surface area contributed by atoms with Crippen LogP contribution in [0.3, 0.4) is 0 Å². The maximum Gasteiger partial charge on any atom is 0.227 e. The lowest BCUT2D eigenvalue weighted by atomic mass is 10.3. The molecular weight excluding hydrogens is 383 g/mol. The molecule has 9 heteroatoms. The Balaban J connectivity index is 1.35. The number of piperazine rings is 1. The molecule has 4 aromatic heterocycles. The number of nitrogens with one attached hydrogen (secondary N) is 1. The highest BCUT2D eigenvalue weighted by Gasteiger charge is 2.15. The molecule has 8 nitrogen and oxygen atoms in total. The number of halogens is 1. The SMILES string of the molecule is CN1CCN(c2ccc(Nc3nccc(-c4cnc5ccc(F)cn45)n3)cn2)CC1. The van der Waals surface area contributed by atoms with E-state index in [-0.39, 0.29) is 5.82 Å². The maximum atomic E-state index is 13.7. The number of pyridine rings is 2. The van der Waals surface area contributed by atoms with Crippen molar-refractivity contribution in [2.45, 2.75) is 0 Å². The molecular formula is C21H21FN8. The summed E-state index contributed by atoms with van der Waals surface area (Å²) in [6.45, 7) is 4.02. The van der Waals surface area contributed by atoms with Crippen LogP contribution >= 0.6 is 0 Å². The van der Waals surface area contributed by atoms with Crippen molar-refractivity contribution >= 4 is 23.1 Å². The molecule has 0 radical (unpaired) electrons. The Bertz CT molecular complexity index is 1170. The average Bonchev–Trinajstić information content (AvgIpc) is 3.18. The fraction of sp³-hybridized carbons (Fsp3) is 0.238. The van der Waals surface area contributed by atoms with Crippen molar-refractivity contribution in [1.29, 1.82) is 0 Å². The van der Waals surface area contributed by atoms with E-state index in [0.717, 1.165) is 37.7 Å². The van der Waals surface area contributed by atoms with Crippen LogP contribution in [-0.4, -0.2) is 62.5 Å². The first-order chi connectivity index (χ1) is 14.7. The van der Waals surface area contributed by atoms with Gasteiger partial charge in [0.1, 0.15) is 17.3 Å². The minimum atomic E-state index is -0.333. The third kappa shape index (κ3) is 3.67. The second-order valence-electron chi connectivity index (χ2n) is 7.30. The molecule has 1 saturated heterocycles. The van der Waals surface area contributed by atoms with Gasteiger partial charge in [-0.25, -0.2) is 24.3 Å². The second-order valence-corrected chi connectivity index (χ2v) is 7.30. The Kier molecular flexibility index (Phi) is 4.72. The zero-order valence-electron chi connectivity index (χ0n) is 16.5. The fourth-order valence-electron chi connectivity index (χ4n) is 3.52. The van der Waals surface area contributed by atoms with Gasteiger partial charge in [0.2, 0.25) is 5.95 Å². The molecule has 0 amide bonds.